The number of aliphatic imine (C=N–C) groups is 1. The highest BCUT2D eigenvalue weighted by atomic mass is 32.1. The average Bonchev–Trinajstić information content (AvgIpc) is 3.08. The van der Waals surface area contributed by atoms with Crippen molar-refractivity contribution in [1.82, 2.24) is 15.6 Å². The third-order valence-corrected chi connectivity index (χ3v) is 4.64. The van der Waals surface area contributed by atoms with Crippen LogP contribution in [0.1, 0.15) is 23.7 Å². The highest BCUT2D eigenvalue weighted by Gasteiger charge is 2.05. The molecule has 142 valence electrons. The van der Waals surface area contributed by atoms with E-state index in [4.69, 9.17) is 4.74 Å². The number of nitrogens with one attached hydrogen (secondary N) is 2. The second-order valence-corrected chi connectivity index (χ2v) is 6.63. The molecule has 0 aliphatic carbocycles. The van der Waals surface area contributed by atoms with E-state index in [2.05, 4.69) is 27.5 Å². The molecule has 8 heteroatoms. The minimum atomic E-state index is -0.708. The maximum atomic E-state index is 13.5. The summed E-state index contributed by atoms with van der Waals surface area (Å²) in [6.45, 7) is 6.13. The van der Waals surface area contributed by atoms with E-state index in [1.807, 2.05) is 13.1 Å². The monoisotopic (exact) mass is 382 g/mol. The number of rotatable bonds is 9. The molecule has 0 unspecified atom stereocenters. The summed E-state index contributed by atoms with van der Waals surface area (Å²) in [5.41, 5.74) is 0. The van der Waals surface area contributed by atoms with Gasteiger partial charge in [0, 0.05) is 36.7 Å². The van der Waals surface area contributed by atoms with E-state index < -0.39 is 11.6 Å². The van der Waals surface area contributed by atoms with Gasteiger partial charge in [-0.15, -0.1) is 11.3 Å². The van der Waals surface area contributed by atoms with Gasteiger partial charge in [-0.3, -0.25) is 4.99 Å². The summed E-state index contributed by atoms with van der Waals surface area (Å²) < 4.78 is 31.7. The number of guanidine groups is 1. The van der Waals surface area contributed by atoms with Crippen LogP contribution in [0.2, 0.25) is 0 Å². The van der Waals surface area contributed by atoms with E-state index in [0.29, 0.717) is 19.0 Å². The van der Waals surface area contributed by atoms with Crippen LogP contribution in [-0.2, 0) is 12.8 Å². The van der Waals surface area contributed by atoms with Gasteiger partial charge in [-0.25, -0.2) is 13.8 Å². The molecular weight excluding hydrogens is 358 g/mol. The van der Waals surface area contributed by atoms with Gasteiger partial charge in [0.25, 0.3) is 0 Å². The van der Waals surface area contributed by atoms with E-state index >= 15 is 0 Å². The Balaban J connectivity index is 1.75. The molecule has 0 saturated carbocycles. The highest BCUT2D eigenvalue weighted by molar-refractivity contribution is 7.11. The van der Waals surface area contributed by atoms with Crippen molar-refractivity contribution in [3.63, 3.8) is 0 Å². The molecule has 0 radical (unpaired) electrons. The lowest BCUT2D eigenvalue weighted by Gasteiger charge is -2.12. The highest BCUT2D eigenvalue weighted by Crippen LogP contribution is 2.17. The molecule has 2 aromatic rings. The third kappa shape index (κ3) is 6.59. The van der Waals surface area contributed by atoms with Gasteiger partial charge in [-0.2, -0.15) is 0 Å². The van der Waals surface area contributed by atoms with Crippen LogP contribution in [0.25, 0.3) is 0 Å². The predicted molar refractivity (Wildman–Crippen MR) is 101 cm³/mol. The van der Waals surface area contributed by atoms with E-state index in [-0.39, 0.29) is 12.4 Å². The maximum absolute atomic E-state index is 13.5. The van der Waals surface area contributed by atoms with Gasteiger partial charge in [-0.1, -0.05) is 6.92 Å². The van der Waals surface area contributed by atoms with Crippen LogP contribution in [0.5, 0.6) is 5.75 Å². The van der Waals surface area contributed by atoms with Gasteiger partial charge in [0.2, 0.25) is 0 Å². The number of nitrogens with zero attached hydrogens (tertiary/aromatic N) is 2. The van der Waals surface area contributed by atoms with E-state index in [9.17, 15) is 8.78 Å². The molecule has 0 spiro atoms. The van der Waals surface area contributed by atoms with Crippen LogP contribution in [-0.4, -0.2) is 37.2 Å². The molecule has 1 aromatic carbocycles. The van der Waals surface area contributed by atoms with Gasteiger partial charge < -0.3 is 15.4 Å². The quantitative estimate of drug-likeness (QED) is 0.397. The molecule has 0 aliphatic rings. The number of aryl methyl sites for hydroxylation is 1. The standard InChI is InChI=1S/C18H24F2N4OS/c1-3-14-12-24-17(26-14)7-8-22-18(21-4-2)23-9-10-25-16-6-5-13(19)11-15(16)20/h5-6,11-12H,3-4,7-10H2,1-2H3,(H2,21,22,23). The molecule has 2 N–H and O–H groups in total. The fourth-order valence-corrected chi connectivity index (χ4v) is 3.01. The van der Waals surface area contributed by atoms with Crippen molar-refractivity contribution >= 4 is 17.3 Å². The molecule has 0 bridgehead atoms. The first-order valence-electron chi connectivity index (χ1n) is 8.66. The van der Waals surface area contributed by atoms with Crippen molar-refractivity contribution in [3.8, 4) is 5.75 Å². The molecule has 1 aromatic heterocycles. The average molecular weight is 382 g/mol. The summed E-state index contributed by atoms with van der Waals surface area (Å²) in [4.78, 5) is 10.2. The van der Waals surface area contributed by atoms with Crippen molar-refractivity contribution < 1.29 is 13.5 Å². The zero-order valence-electron chi connectivity index (χ0n) is 15.0. The summed E-state index contributed by atoms with van der Waals surface area (Å²) >= 11 is 1.72. The normalized spacial score (nSPS) is 11.5. The van der Waals surface area contributed by atoms with Crippen molar-refractivity contribution in [2.45, 2.75) is 26.7 Å². The van der Waals surface area contributed by atoms with Crippen LogP contribution in [0.15, 0.2) is 29.4 Å². The third-order valence-electron chi connectivity index (χ3n) is 3.44. The Morgan fingerprint density at radius 1 is 1.27 bits per heavy atom. The Morgan fingerprint density at radius 3 is 2.81 bits per heavy atom. The number of halogens is 2. The zero-order valence-corrected chi connectivity index (χ0v) is 15.8. The van der Waals surface area contributed by atoms with Gasteiger partial charge >= 0.3 is 0 Å². The Labute approximate surface area is 156 Å². The van der Waals surface area contributed by atoms with Crippen LogP contribution in [0, 0.1) is 11.6 Å². The number of hydrogen-bond acceptors (Lipinski definition) is 4. The fraction of sp³-hybridized carbons (Fsp3) is 0.444. The topological polar surface area (TPSA) is 58.5 Å². The SMILES string of the molecule is CCNC(=NCCc1ncc(CC)s1)NCCOc1ccc(F)cc1F. The second kappa shape index (κ2) is 10.7. The Hall–Kier alpha value is -2.22. The fourth-order valence-electron chi connectivity index (χ4n) is 2.15. The Morgan fingerprint density at radius 2 is 2.12 bits per heavy atom. The molecule has 1 heterocycles. The van der Waals surface area contributed by atoms with Gasteiger partial charge in [0.15, 0.2) is 17.5 Å². The minimum Gasteiger partial charge on any atom is -0.489 e. The smallest absolute Gasteiger partial charge is 0.191 e. The first kappa shape index (κ1) is 20.1. The zero-order chi connectivity index (χ0) is 18.8. The number of thiazole rings is 1. The lowest BCUT2D eigenvalue weighted by Crippen LogP contribution is -2.39. The molecule has 26 heavy (non-hydrogen) atoms. The summed E-state index contributed by atoms with van der Waals surface area (Å²) in [5, 5.41) is 7.35. The van der Waals surface area contributed by atoms with E-state index in [0.717, 1.165) is 30.5 Å². The van der Waals surface area contributed by atoms with E-state index in [1.165, 1.54) is 17.0 Å². The summed E-state index contributed by atoms with van der Waals surface area (Å²) in [6, 6.07) is 3.25. The van der Waals surface area contributed by atoms with Gasteiger partial charge in [-0.05, 0) is 25.5 Å². The Kier molecular flexibility index (Phi) is 8.27. The first-order chi connectivity index (χ1) is 12.6. The molecule has 0 saturated heterocycles. The van der Waals surface area contributed by atoms with Crippen LogP contribution >= 0.6 is 11.3 Å². The van der Waals surface area contributed by atoms with Crippen LogP contribution in [0.4, 0.5) is 8.78 Å². The van der Waals surface area contributed by atoms with Gasteiger partial charge in [0.1, 0.15) is 12.4 Å². The number of benzene rings is 1. The largest absolute Gasteiger partial charge is 0.489 e. The Bertz CT molecular complexity index is 721. The molecule has 0 aliphatic heterocycles. The summed E-state index contributed by atoms with van der Waals surface area (Å²) in [5.74, 6) is -0.630. The minimum absolute atomic E-state index is 0.0330. The number of ether oxygens (including phenoxy) is 1. The van der Waals surface area contributed by atoms with Crippen molar-refractivity contribution in [2.24, 2.45) is 4.99 Å². The van der Waals surface area contributed by atoms with E-state index in [1.54, 1.807) is 11.3 Å². The molecule has 0 atom stereocenters. The van der Waals surface area contributed by atoms with Crippen molar-refractivity contribution in [3.05, 3.63) is 45.9 Å². The maximum Gasteiger partial charge on any atom is 0.191 e. The lowest BCUT2D eigenvalue weighted by atomic mass is 10.3. The molecule has 2 rings (SSSR count). The number of aromatic nitrogens is 1. The summed E-state index contributed by atoms with van der Waals surface area (Å²) in [7, 11) is 0. The van der Waals surface area contributed by atoms with Crippen LogP contribution < -0.4 is 15.4 Å². The molecular formula is C18H24F2N4OS. The first-order valence-corrected chi connectivity index (χ1v) is 9.47. The lowest BCUT2D eigenvalue weighted by molar-refractivity contribution is 0.304. The number of hydrogen-bond donors (Lipinski definition) is 2. The van der Waals surface area contributed by atoms with Crippen molar-refractivity contribution in [1.29, 1.82) is 0 Å². The predicted octanol–water partition coefficient (Wildman–Crippen LogP) is 3.16. The molecule has 5 nitrogen and oxygen atoms in total. The van der Waals surface area contributed by atoms with Crippen molar-refractivity contribution in [2.75, 3.05) is 26.2 Å². The second-order valence-electron chi connectivity index (χ2n) is 5.43. The van der Waals surface area contributed by atoms with Crippen LogP contribution in [0.3, 0.4) is 0 Å². The molecule has 0 amide bonds. The van der Waals surface area contributed by atoms with Gasteiger partial charge in [0.05, 0.1) is 11.6 Å². The summed E-state index contributed by atoms with van der Waals surface area (Å²) in [6.07, 6.45) is 3.71. The molecule has 0 fully saturated rings.